The average Bonchev–Trinajstić information content (AvgIpc) is 2.38. The average molecular weight is 266 g/mol. The molecule has 0 saturated carbocycles. The van der Waals surface area contributed by atoms with Crippen LogP contribution in [0.3, 0.4) is 0 Å². The van der Waals surface area contributed by atoms with Crippen molar-refractivity contribution in [3.63, 3.8) is 0 Å². The summed E-state index contributed by atoms with van der Waals surface area (Å²) in [6, 6.07) is 6.95. The molecule has 4 heteroatoms. The van der Waals surface area contributed by atoms with Gasteiger partial charge in [0.2, 0.25) is 0 Å². The number of methoxy groups -OCH3 is 1. The monoisotopic (exact) mass is 266 g/mol. The Morgan fingerprint density at radius 2 is 1.74 bits per heavy atom. The second-order valence-electron chi connectivity index (χ2n) is 5.05. The van der Waals surface area contributed by atoms with Gasteiger partial charge in [0.1, 0.15) is 11.5 Å². The fourth-order valence-electron chi connectivity index (χ4n) is 1.71. The minimum atomic E-state index is -0.835. The molecule has 0 amide bonds. The van der Waals surface area contributed by atoms with Crippen LogP contribution >= 0.6 is 0 Å². The summed E-state index contributed by atoms with van der Waals surface area (Å²) in [5.74, 6) is 0.615. The van der Waals surface area contributed by atoms with E-state index < -0.39 is 12.2 Å². The van der Waals surface area contributed by atoms with Crippen molar-refractivity contribution in [2.75, 3.05) is 7.11 Å². The van der Waals surface area contributed by atoms with E-state index in [1.807, 2.05) is 13.8 Å². The third-order valence-corrected chi connectivity index (χ3v) is 3.13. The topological polar surface area (TPSA) is 66.8 Å². The Kier molecular flexibility index (Phi) is 5.99. The van der Waals surface area contributed by atoms with E-state index in [1.54, 1.807) is 31.4 Å². The van der Waals surface area contributed by atoms with Crippen molar-refractivity contribution in [3.8, 4) is 5.75 Å². The van der Waals surface area contributed by atoms with E-state index in [2.05, 4.69) is 0 Å². The van der Waals surface area contributed by atoms with Crippen molar-refractivity contribution in [2.24, 2.45) is 5.92 Å². The Morgan fingerprint density at radius 3 is 2.21 bits per heavy atom. The van der Waals surface area contributed by atoms with Crippen LogP contribution in [0.1, 0.15) is 38.4 Å². The van der Waals surface area contributed by atoms with Gasteiger partial charge < -0.3 is 14.9 Å². The Morgan fingerprint density at radius 1 is 1.16 bits per heavy atom. The van der Waals surface area contributed by atoms with Crippen molar-refractivity contribution in [2.45, 2.75) is 38.9 Å². The zero-order valence-electron chi connectivity index (χ0n) is 11.7. The first-order chi connectivity index (χ1) is 8.93. The largest absolute Gasteiger partial charge is 0.497 e. The Balaban J connectivity index is 2.53. The molecule has 1 aromatic rings. The number of hydrogen-bond donors (Lipinski definition) is 2. The highest BCUT2D eigenvalue weighted by Gasteiger charge is 2.18. The van der Waals surface area contributed by atoms with Crippen molar-refractivity contribution < 1.29 is 19.7 Å². The first-order valence-electron chi connectivity index (χ1n) is 6.45. The summed E-state index contributed by atoms with van der Waals surface area (Å²) in [6.45, 7) is 3.72. The van der Waals surface area contributed by atoms with Crippen molar-refractivity contribution in [3.05, 3.63) is 29.8 Å². The minimum absolute atomic E-state index is 0.0239. The first kappa shape index (κ1) is 15.7. The van der Waals surface area contributed by atoms with Crippen LogP contribution in [0.15, 0.2) is 24.3 Å². The summed E-state index contributed by atoms with van der Waals surface area (Å²) in [5.41, 5.74) is 0.674. The molecule has 1 aromatic carbocycles. The Labute approximate surface area is 114 Å². The van der Waals surface area contributed by atoms with Crippen LogP contribution in [0.5, 0.6) is 5.75 Å². The molecule has 19 heavy (non-hydrogen) atoms. The maximum Gasteiger partial charge on any atom is 0.138 e. The number of ketones is 1. The van der Waals surface area contributed by atoms with Gasteiger partial charge in [0, 0.05) is 12.8 Å². The van der Waals surface area contributed by atoms with Crippen LogP contribution in [0.4, 0.5) is 0 Å². The van der Waals surface area contributed by atoms with Crippen LogP contribution in [0.2, 0.25) is 0 Å². The van der Waals surface area contributed by atoms with E-state index in [1.165, 1.54) is 0 Å². The molecule has 0 radical (unpaired) electrons. The third-order valence-electron chi connectivity index (χ3n) is 3.13. The molecule has 0 spiro atoms. The van der Waals surface area contributed by atoms with Gasteiger partial charge >= 0.3 is 0 Å². The van der Waals surface area contributed by atoms with Crippen LogP contribution in [0.25, 0.3) is 0 Å². The molecule has 0 aliphatic heterocycles. The number of aliphatic hydroxyl groups excluding tert-OH is 2. The summed E-state index contributed by atoms with van der Waals surface area (Å²) in [4.78, 5) is 11.7. The second kappa shape index (κ2) is 7.26. The van der Waals surface area contributed by atoms with Gasteiger partial charge in [-0.1, -0.05) is 26.0 Å². The summed E-state index contributed by atoms with van der Waals surface area (Å²) >= 11 is 0. The van der Waals surface area contributed by atoms with Crippen LogP contribution in [0, 0.1) is 5.92 Å². The fraction of sp³-hybridized carbons (Fsp3) is 0.533. The third kappa shape index (κ3) is 5.01. The van der Waals surface area contributed by atoms with Crippen molar-refractivity contribution >= 4 is 5.78 Å². The lowest BCUT2D eigenvalue weighted by Crippen LogP contribution is -2.20. The molecule has 2 N–H and O–H groups in total. The molecular weight excluding hydrogens is 244 g/mol. The molecule has 2 atom stereocenters. The maximum atomic E-state index is 11.7. The molecule has 0 heterocycles. The summed E-state index contributed by atoms with van der Waals surface area (Å²) in [5, 5.41) is 19.6. The van der Waals surface area contributed by atoms with Crippen LogP contribution < -0.4 is 4.74 Å². The lowest BCUT2D eigenvalue weighted by Gasteiger charge is -2.15. The van der Waals surface area contributed by atoms with Gasteiger partial charge in [-0.2, -0.15) is 0 Å². The smallest absolute Gasteiger partial charge is 0.138 e. The highest BCUT2D eigenvalue weighted by Crippen LogP contribution is 2.21. The Hall–Kier alpha value is -1.39. The zero-order chi connectivity index (χ0) is 14.4. The van der Waals surface area contributed by atoms with Crippen molar-refractivity contribution in [1.29, 1.82) is 0 Å². The van der Waals surface area contributed by atoms with Crippen molar-refractivity contribution in [1.82, 2.24) is 0 Å². The van der Waals surface area contributed by atoms with Crippen LogP contribution in [-0.4, -0.2) is 29.2 Å². The van der Waals surface area contributed by atoms with Crippen LogP contribution in [-0.2, 0) is 4.79 Å². The number of rotatable bonds is 7. The molecule has 0 saturated heterocycles. The molecule has 0 unspecified atom stereocenters. The lowest BCUT2D eigenvalue weighted by atomic mass is 9.97. The first-order valence-corrected chi connectivity index (χ1v) is 6.45. The number of ether oxygens (including phenoxy) is 1. The number of carbonyl (C=O) groups excluding carboxylic acids is 1. The minimum Gasteiger partial charge on any atom is -0.497 e. The van der Waals surface area contributed by atoms with E-state index in [4.69, 9.17) is 4.74 Å². The van der Waals surface area contributed by atoms with Gasteiger partial charge in [-0.3, -0.25) is 4.79 Å². The predicted molar refractivity (Wildman–Crippen MR) is 73.0 cm³/mol. The number of Topliss-reactive ketones (excluding diaryl/α,β-unsaturated/α-hetero) is 1. The SMILES string of the molecule is COc1ccc([C@@H](O)CC(=O)C[C@@H](O)C(C)C)cc1. The van der Waals surface area contributed by atoms with Gasteiger partial charge in [-0.25, -0.2) is 0 Å². The second-order valence-corrected chi connectivity index (χ2v) is 5.05. The summed E-state index contributed by atoms with van der Waals surface area (Å²) < 4.78 is 5.03. The molecule has 1 rings (SSSR count). The predicted octanol–water partition coefficient (Wildman–Crippen LogP) is 2.09. The highest BCUT2D eigenvalue weighted by atomic mass is 16.5. The molecule has 0 aliphatic carbocycles. The number of aliphatic hydroxyl groups is 2. The molecule has 0 bridgehead atoms. The zero-order valence-corrected chi connectivity index (χ0v) is 11.7. The number of hydrogen-bond acceptors (Lipinski definition) is 4. The molecule has 106 valence electrons. The van der Waals surface area contributed by atoms with Gasteiger partial charge in [-0.05, 0) is 23.6 Å². The van der Waals surface area contributed by atoms with E-state index in [-0.39, 0.29) is 24.5 Å². The molecule has 0 aromatic heterocycles. The van der Waals surface area contributed by atoms with Gasteiger partial charge in [-0.15, -0.1) is 0 Å². The Bertz CT molecular complexity index is 397. The fourth-order valence-corrected chi connectivity index (χ4v) is 1.71. The van der Waals surface area contributed by atoms with Gasteiger partial charge in [0.25, 0.3) is 0 Å². The molecule has 4 nitrogen and oxygen atoms in total. The quantitative estimate of drug-likeness (QED) is 0.793. The lowest BCUT2D eigenvalue weighted by molar-refractivity contribution is -0.123. The van der Waals surface area contributed by atoms with E-state index >= 15 is 0 Å². The normalized spacial score (nSPS) is 14.2. The maximum absolute atomic E-state index is 11.7. The van der Waals surface area contributed by atoms with E-state index in [0.29, 0.717) is 11.3 Å². The molecular formula is C15H22O4. The van der Waals surface area contributed by atoms with Gasteiger partial charge in [0.15, 0.2) is 0 Å². The molecule has 0 aliphatic rings. The highest BCUT2D eigenvalue weighted by molar-refractivity contribution is 5.79. The summed E-state index contributed by atoms with van der Waals surface area (Å²) in [7, 11) is 1.57. The standard InChI is InChI=1S/C15H22O4/c1-10(2)14(17)8-12(16)9-15(18)11-4-6-13(19-3)7-5-11/h4-7,10,14-15,17-18H,8-9H2,1-3H3/t14-,15+/m1/s1. The number of benzene rings is 1. The van der Waals surface area contributed by atoms with E-state index in [9.17, 15) is 15.0 Å². The summed E-state index contributed by atoms with van der Waals surface area (Å²) in [6.07, 6.45) is -1.37. The van der Waals surface area contributed by atoms with E-state index in [0.717, 1.165) is 0 Å². The molecule has 0 fully saturated rings. The number of carbonyl (C=O) groups is 1. The van der Waals surface area contributed by atoms with Gasteiger partial charge in [0.05, 0.1) is 19.3 Å².